The molecular weight excluding hydrogens is 280 g/mol. The van der Waals surface area contributed by atoms with E-state index in [0.717, 1.165) is 30.3 Å². The van der Waals surface area contributed by atoms with Crippen molar-refractivity contribution in [3.05, 3.63) is 47.5 Å². The van der Waals surface area contributed by atoms with Crippen molar-refractivity contribution < 1.29 is 34.8 Å². The van der Waals surface area contributed by atoms with Crippen LogP contribution in [0.3, 0.4) is 0 Å². The number of carboxylic acids is 1. The lowest BCUT2D eigenvalue weighted by atomic mass is 10.2. The van der Waals surface area contributed by atoms with E-state index in [2.05, 4.69) is 0 Å². The van der Waals surface area contributed by atoms with Crippen LogP contribution in [0, 0.1) is 0 Å². The molecule has 4 N–H and O–H groups in total. The van der Waals surface area contributed by atoms with Gasteiger partial charge in [0.25, 0.3) is 0 Å². The zero-order valence-electron chi connectivity index (χ0n) is 10.5. The molecule has 0 spiro atoms. The van der Waals surface area contributed by atoms with Crippen molar-refractivity contribution in [2.75, 3.05) is 0 Å². The van der Waals surface area contributed by atoms with Gasteiger partial charge in [-0.15, -0.1) is 0 Å². The van der Waals surface area contributed by atoms with E-state index in [1.807, 2.05) is 0 Å². The van der Waals surface area contributed by atoms with Crippen LogP contribution in [0.2, 0.25) is 0 Å². The third-order valence-electron chi connectivity index (χ3n) is 2.61. The third kappa shape index (κ3) is 3.03. The first-order valence-electron chi connectivity index (χ1n) is 5.69. The highest BCUT2D eigenvalue weighted by molar-refractivity contribution is 5.94. The number of esters is 1. The molecule has 7 heteroatoms. The lowest BCUT2D eigenvalue weighted by Gasteiger charge is -2.08. The molecule has 0 fully saturated rings. The number of ether oxygens (including phenoxy) is 1. The molecule has 7 nitrogen and oxygen atoms in total. The zero-order chi connectivity index (χ0) is 15.6. The maximum absolute atomic E-state index is 11.8. The zero-order valence-corrected chi connectivity index (χ0v) is 10.5. The Morgan fingerprint density at radius 1 is 0.905 bits per heavy atom. The summed E-state index contributed by atoms with van der Waals surface area (Å²) in [6, 6.07) is 6.50. The van der Waals surface area contributed by atoms with E-state index in [0.29, 0.717) is 0 Å². The summed E-state index contributed by atoms with van der Waals surface area (Å²) in [6.07, 6.45) is 0. The second-order valence-corrected chi connectivity index (χ2v) is 4.08. The molecule has 0 unspecified atom stereocenters. The van der Waals surface area contributed by atoms with E-state index in [1.54, 1.807) is 0 Å². The number of carbonyl (C=O) groups excluding carboxylic acids is 1. The minimum absolute atomic E-state index is 0.167. The van der Waals surface area contributed by atoms with Crippen LogP contribution < -0.4 is 4.74 Å². The number of benzene rings is 2. The average molecular weight is 290 g/mol. The van der Waals surface area contributed by atoms with Crippen LogP contribution in [0.25, 0.3) is 0 Å². The molecule has 0 aliphatic rings. The van der Waals surface area contributed by atoms with Gasteiger partial charge in [-0.25, -0.2) is 9.59 Å². The molecule has 0 saturated carbocycles. The molecule has 0 aromatic heterocycles. The molecule has 0 heterocycles. The van der Waals surface area contributed by atoms with Gasteiger partial charge in [-0.3, -0.25) is 0 Å². The van der Waals surface area contributed by atoms with Crippen LogP contribution in [-0.4, -0.2) is 32.4 Å². The van der Waals surface area contributed by atoms with Gasteiger partial charge in [0.2, 0.25) is 0 Å². The Labute approximate surface area is 118 Å². The Morgan fingerprint density at radius 3 is 2.19 bits per heavy atom. The minimum Gasteiger partial charge on any atom is -0.508 e. The largest absolute Gasteiger partial charge is 0.508 e. The van der Waals surface area contributed by atoms with E-state index < -0.39 is 23.4 Å². The van der Waals surface area contributed by atoms with Gasteiger partial charge < -0.3 is 25.2 Å². The van der Waals surface area contributed by atoms with Crippen molar-refractivity contribution in [1.29, 1.82) is 0 Å². The number of aromatic carboxylic acids is 1. The van der Waals surface area contributed by atoms with Gasteiger partial charge >= 0.3 is 11.9 Å². The van der Waals surface area contributed by atoms with Gasteiger partial charge in [-0.05, 0) is 30.3 Å². The Kier molecular flexibility index (Phi) is 3.66. The van der Waals surface area contributed by atoms with Gasteiger partial charge in [0.1, 0.15) is 17.1 Å². The molecule has 0 radical (unpaired) electrons. The van der Waals surface area contributed by atoms with Gasteiger partial charge in [0.05, 0.1) is 5.56 Å². The standard InChI is InChI=1S/C14H10O7/c15-8-2-3-9(10(16)6-8)14(20)21-12-4-1-7(13(18)19)5-11(12)17/h1-6,15-17H,(H,18,19). The number of hydrogen-bond donors (Lipinski definition) is 4. The SMILES string of the molecule is O=C(O)c1ccc(OC(=O)c2ccc(O)cc2O)c(O)c1. The fourth-order valence-corrected chi connectivity index (χ4v) is 1.58. The van der Waals surface area contributed by atoms with Crippen molar-refractivity contribution in [2.24, 2.45) is 0 Å². The lowest BCUT2D eigenvalue weighted by molar-refractivity contribution is 0.0696. The Morgan fingerprint density at radius 2 is 1.62 bits per heavy atom. The van der Waals surface area contributed by atoms with Crippen LogP contribution in [-0.2, 0) is 0 Å². The first kappa shape index (κ1) is 14.2. The summed E-state index contributed by atoms with van der Waals surface area (Å²) in [6.45, 7) is 0. The highest BCUT2D eigenvalue weighted by Crippen LogP contribution is 2.29. The highest BCUT2D eigenvalue weighted by atomic mass is 16.5. The summed E-state index contributed by atoms with van der Waals surface area (Å²) in [5.74, 6) is -3.69. The second kappa shape index (κ2) is 5.41. The van der Waals surface area contributed by atoms with Gasteiger partial charge in [0.15, 0.2) is 11.5 Å². The van der Waals surface area contributed by atoms with Crippen LogP contribution in [0.5, 0.6) is 23.0 Å². The smallest absolute Gasteiger partial charge is 0.347 e. The average Bonchev–Trinajstić information content (AvgIpc) is 2.40. The van der Waals surface area contributed by atoms with Crippen molar-refractivity contribution >= 4 is 11.9 Å². The number of phenolic OH excluding ortho intramolecular Hbond substituents is 3. The van der Waals surface area contributed by atoms with E-state index in [1.165, 1.54) is 6.07 Å². The summed E-state index contributed by atoms with van der Waals surface area (Å²) in [4.78, 5) is 22.5. The van der Waals surface area contributed by atoms with E-state index >= 15 is 0 Å². The molecule has 0 aliphatic carbocycles. The molecule has 2 aromatic rings. The predicted octanol–water partition coefficient (Wildman–Crippen LogP) is 1.72. The Bertz CT molecular complexity index is 721. The molecule has 2 aromatic carbocycles. The topological polar surface area (TPSA) is 124 Å². The summed E-state index contributed by atoms with van der Waals surface area (Å²) in [5, 5.41) is 37.0. The molecular formula is C14H10O7. The van der Waals surface area contributed by atoms with Crippen molar-refractivity contribution in [1.82, 2.24) is 0 Å². The lowest BCUT2D eigenvalue weighted by Crippen LogP contribution is -2.09. The Balaban J connectivity index is 2.25. The molecule has 0 amide bonds. The van der Waals surface area contributed by atoms with Crippen molar-refractivity contribution in [2.45, 2.75) is 0 Å². The van der Waals surface area contributed by atoms with Gasteiger partial charge in [0, 0.05) is 6.07 Å². The number of phenols is 3. The molecule has 2 rings (SSSR count). The number of aromatic hydroxyl groups is 3. The maximum Gasteiger partial charge on any atom is 0.347 e. The minimum atomic E-state index is -1.24. The molecule has 0 aliphatic heterocycles. The summed E-state index contributed by atoms with van der Waals surface area (Å²) >= 11 is 0. The quantitative estimate of drug-likeness (QED) is 0.501. The second-order valence-electron chi connectivity index (χ2n) is 4.08. The number of carboxylic acid groups (broad SMARTS) is 1. The fourth-order valence-electron chi connectivity index (χ4n) is 1.58. The molecule has 0 bridgehead atoms. The van der Waals surface area contributed by atoms with Crippen molar-refractivity contribution in [3.8, 4) is 23.0 Å². The first-order chi connectivity index (χ1) is 9.88. The fraction of sp³-hybridized carbons (Fsp3) is 0. The summed E-state index contributed by atoms with van der Waals surface area (Å²) in [7, 11) is 0. The van der Waals surface area contributed by atoms with Gasteiger partial charge in [-0.1, -0.05) is 0 Å². The maximum atomic E-state index is 11.8. The normalized spacial score (nSPS) is 10.1. The number of rotatable bonds is 3. The first-order valence-corrected chi connectivity index (χ1v) is 5.69. The molecule has 0 saturated heterocycles. The summed E-state index contributed by atoms with van der Waals surface area (Å²) < 4.78 is 4.86. The van der Waals surface area contributed by atoms with Crippen LogP contribution in [0.4, 0.5) is 0 Å². The highest BCUT2D eigenvalue weighted by Gasteiger charge is 2.17. The predicted molar refractivity (Wildman–Crippen MR) is 69.8 cm³/mol. The number of carbonyl (C=O) groups is 2. The third-order valence-corrected chi connectivity index (χ3v) is 2.61. The Hall–Kier alpha value is -3.22. The van der Waals surface area contributed by atoms with Gasteiger partial charge in [-0.2, -0.15) is 0 Å². The monoisotopic (exact) mass is 290 g/mol. The molecule has 0 atom stereocenters. The number of hydrogen-bond acceptors (Lipinski definition) is 6. The van der Waals surface area contributed by atoms with Crippen molar-refractivity contribution in [3.63, 3.8) is 0 Å². The summed E-state index contributed by atoms with van der Waals surface area (Å²) in [5.41, 5.74) is -0.380. The van der Waals surface area contributed by atoms with E-state index in [4.69, 9.17) is 14.9 Å². The molecule has 21 heavy (non-hydrogen) atoms. The van der Waals surface area contributed by atoms with Crippen LogP contribution in [0.15, 0.2) is 36.4 Å². The van der Waals surface area contributed by atoms with E-state index in [9.17, 15) is 19.8 Å². The molecule has 108 valence electrons. The van der Waals surface area contributed by atoms with E-state index in [-0.39, 0.29) is 22.6 Å². The van der Waals surface area contributed by atoms with Crippen LogP contribution in [0.1, 0.15) is 20.7 Å². The van der Waals surface area contributed by atoms with Crippen LogP contribution >= 0.6 is 0 Å².